The predicted molar refractivity (Wildman–Crippen MR) is 147 cm³/mol. The summed E-state index contributed by atoms with van der Waals surface area (Å²) in [5.74, 6) is -0.944. The Morgan fingerprint density at radius 3 is 1.68 bits per heavy atom. The predicted octanol–water partition coefficient (Wildman–Crippen LogP) is -2.29. The largest absolute Gasteiger partial charge is 0.506 e. The van der Waals surface area contributed by atoms with Crippen molar-refractivity contribution in [3.63, 3.8) is 0 Å². The molecule has 3 heterocycles. The van der Waals surface area contributed by atoms with Crippen molar-refractivity contribution in [3.8, 4) is 23.0 Å². The fourth-order valence-corrected chi connectivity index (χ4v) is 5.84. The fraction of sp³-hybridized carbons (Fsp3) is 0.536. The molecule has 44 heavy (non-hydrogen) atoms. The molecule has 0 spiro atoms. The first kappa shape index (κ1) is 32.1. The highest BCUT2D eigenvalue weighted by Gasteiger charge is 2.50. The summed E-state index contributed by atoms with van der Waals surface area (Å²) in [4.78, 5) is 14.1. The molecule has 16 nitrogen and oxygen atoms in total. The third-order valence-corrected chi connectivity index (χ3v) is 8.18. The van der Waals surface area contributed by atoms with Gasteiger partial charge in [0.2, 0.25) is 5.43 Å². The number of phenols is 1. The topological polar surface area (TPSA) is 258 Å². The van der Waals surface area contributed by atoms with E-state index in [1.54, 1.807) is 0 Å². The number of hydrogen-bond acceptors (Lipinski definition) is 16. The van der Waals surface area contributed by atoms with Crippen molar-refractivity contribution in [2.75, 3.05) is 34.5 Å². The molecule has 0 amide bonds. The minimum absolute atomic E-state index is 0.0759. The average Bonchev–Trinajstić information content (AvgIpc) is 3.02. The molecule has 10 atom stereocenters. The molecule has 242 valence electrons. The van der Waals surface area contributed by atoms with E-state index >= 15 is 0 Å². The minimum Gasteiger partial charge on any atom is -0.506 e. The van der Waals surface area contributed by atoms with Crippen LogP contribution < -0.4 is 19.6 Å². The maximum atomic E-state index is 14.1. The van der Waals surface area contributed by atoms with E-state index in [0.717, 1.165) is 7.11 Å². The third kappa shape index (κ3) is 4.83. The molecule has 16 heteroatoms. The molecule has 2 aliphatic heterocycles. The molecule has 5 rings (SSSR count). The number of methoxy groups -OCH3 is 3. The van der Waals surface area contributed by atoms with E-state index < -0.39 is 108 Å². The van der Waals surface area contributed by atoms with Crippen molar-refractivity contribution in [2.45, 2.75) is 61.0 Å². The van der Waals surface area contributed by atoms with Crippen LogP contribution in [0, 0.1) is 0 Å². The molecular weight excluding hydrogens is 592 g/mol. The van der Waals surface area contributed by atoms with Crippen LogP contribution in [0.25, 0.3) is 21.9 Å². The molecule has 0 saturated carbocycles. The van der Waals surface area contributed by atoms with E-state index in [2.05, 4.69) is 0 Å². The summed E-state index contributed by atoms with van der Waals surface area (Å²) < 4.78 is 33.8. The van der Waals surface area contributed by atoms with Gasteiger partial charge in [0.25, 0.3) is 0 Å². The lowest BCUT2D eigenvalue weighted by Gasteiger charge is -2.42. The lowest BCUT2D eigenvalue weighted by molar-refractivity contribution is -0.233. The maximum absolute atomic E-state index is 14.1. The Morgan fingerprint density at radius 2 is 1.20 bits per heavy atom. The van der Waals surface area contributed by atoms with Gasteiger partial charge >= 0.3 is 0 Å². The minimum atomic E-state index is -1.95. The summed E-state index contributed by atoms with van der Waals surface area (Å²) in [7, 11) is 3.81. The Balaban J connectivity index is 1.92. The monoisotopic (exact) mass is 626 g/mol. The molecule has 3 aromatic rings. The second-order valence-electron chi connectivity index (χ2n) is 10.5. The summed E-state index contributed by atoms with van der Waals surface area (Å²) >= 11 is 0. The van der Waals surface area contributed by atoms with Crippen molar-refractivity contribution in [3.05, 3.63) is 33.5 Å². The van der Waals surface area contributed by atoms with Gasteiger partial charge in [-0.3, -0.25) is 4.79 Å². The zero-order chi connectivity index (χ0) is 32.2. The highest BCUT2D eigenvalue weighted by Crippen LogP contribution is 2.51. The molecular formula is C28H34O16. The standard InChI is InChI=1S/C28H34O16/c1-39-10-4-8-9(5-11(10)40-2)42-26-14(17(8)31)20(34)15(27-23(37)21(35)18(32)12(6-29)43-27)25(41-3)16(26)28-24(38)22(36)19(33)13(7-30)44-28/h4-5,12-13,18-19,21-24,27-30,32-38H,6-7H2,1-3H3/t12-,13-,18-,19-,21+,22-,23+,24+,27-,28+/m1/s1. The van der Waals surface area contributed by atoms with Gasteiger partial charge in [-0.2, -0.15) is 0 Å². The summed E-state index contributed by atoms with van der Waals surface area (Å²) in [5.41, 5.74) is -2.11. The summed E-state index contributed by atoms with van der Waals surface area (Å²) in [5, 5.41) is 94.6. The van der Waals surface area contributed by atoms with Gasteiger partial charge in [0.15, 0.2) is 17.1 Å². The first-order chi connectivity index (χ1) is 20.9. The number of aromatic hydroxyl groups is 1. The van der Waals surface area contributed by atoms with Crippen molar-refractivity contribution in [2.24, 2.45) is 0 Å². The van der Waals surface area contributed by atoms with E-state index in [4.69, 9.17) is 28.1 Å². The van der Waals surface area contributed by atoms with Crippen LogP contribution in [0.2, 0.25) is 0 Å². The zero-order valence-corrected chi connectivity index (χ0v) is 23.7. The Labute approximate surface area is 248 Å². The number of aliphatic hydroxyl groups excluding tert-OH is 8. The SMILES string of the molecule is COc1cc2oc3c([C@@H]4O[C@H](CO)[C@@H](O)[C@@H](O)[C@@H]4O)c(OC)c([C@H]4O[C@H](CO)[C@@H](O)[C@H](O)[C@@H]4O)c(O)c3c(=O)c2cc1OC. The van der Waals surface area contributed by atoms with Gasteiger partial charge < -0.3 is 74.1 Å². The van der Waals surface area contributed by atoms with Gasteiger partial charge in [0.1, 0.15) is 83.5 Å². The van der Waals surface area contributed by atoms with Crippen molar-refractivity contribution in [1.29, 1.82) is 0 Å². The van der Waals surface area contributed by atoms with Gasteiger partial charge in [-0.1, -0.05) is 0 Å². The quantitative estimate of drug-likeness (QED) is 0.125. The molecule has 2 saturated heterocycles. The van der Waals surface area contributed by atoms with E-state index in [9.17, 15) is 50.8 Å². The lowest BCUT2D eigenvalue weighted by atomic mass is 9.85. The molecule has 9 N–H and O–H groups in total. The van der Waals surface area contributed by atoms with Crippen LogP contribution in [-0.2, 0) is 9.47 Å². The number of phenolic OH excluding ortho intramolecular Hbond substituents is 1. The summed E-state index contributed by atoms with van der Waals surface area (Å²) in [6.45, 7) is -1.62. The van der Waals surface area contributed by atoms with Crippen molar-refractivity contribution < 1.29 is 74.1 Å². The highest BCUT2D eigenvalue weighted by atomic mass is 16.6. The molecule has 0 unspecified atom stereocenters. The van der Waals surface area contributed by atoms with E-state index in [1.165, 1.54) is 26.4 Å². The first-order valence-electron chi connectivity index (χ1n) is 13.5. The van der Waals surface area contributed by atoms with Gasteiger partial charge in [-0.05, 0) is 6.07 Å². The first-order valence-corrected chi connectivity index (χ1v) is 13.5. The smallest absolute Gasteiger partial charge is 0.204 e. The molecule has 0 radical (unpaired) electrons. The summed E-state index contributed by atoms with van der Waals surface area (Å²) in [6, 6.07) is 2.63. The lowest BCUT2D eigenvalue weighted by Crippen LogP contribution is -2.55. The average molecular weight is 627 g/mol. The number of fused-ring (bicyclic) bond motifs is 2. The molecule has 2 aliphatic rings. The van der Waals surface area contributed by atoms with Crippen LogP contribution in [0.5, 0.6) is 23.0 Å². The molecule has 2 aromatic carbocycles. The van der Waals surface area contributed by atoms with Gasteiger partial charge in [0, 0.05) is 6.07 Å². The highest BCUT2D eigenvalue weighted by molar-refractivity contribution is 5.98. The van der Waals surface area contributed by atoms with E-state index in [0.29, 0.717) is 0 Å². The number of rotatable bonds is 7. The molecule has 0 aliphatic carbocycles. The normalized spacial score (nSPS) is 32.6. The number of benzene rings is 2. The van der Waals surface area contributed by atoms with Gasteiger partial charge in [0.05, 0.1) is 51.1 Å². The fourth-order valence-electron chi connectivity index (χ4n) is 5.84. The Morgan fingerprint density at radius 1 is 0.705 bits per heavy atom. The van der Waals surface area contributed by atoms with E-state index in [1.807, 2.05) is 0 Å². The number of aliphatic hydroxyl groups is 8. The third-order valence-electron chi connectivity index (χ3n) is 8.18. The van der Waals surface area contributed by atoms with Crippen LogP contribution in [0.3, 0.4) is 0 Å². The van der Waals surface area contributed by atoms with Gasteiger partial charge in [-0.25, -0.2) is 0 Å². The second kappa shape index (κ2) is 12.2. The number of hydrogen-bond donors (Lipinski definition) is 9. The Bertz CT molecular complexity index is 1580. The molecule has 0 bridgehead atoms. The maximum Gasteiger partial charge on any atom is 0.204 e. The summed E-state index contributed by atoms with van der Waals surface area (Å²) in [6.07, 6.45) is -17.5. The zero-order valence-electron chi connectivity index (χ0n) is 23.7. The van der Waals surface area contributed by atoms with Crippen LogP contribution in [0.4, 0.5) is 0 Å². The van der Waals surface area contributed by atoms with Crippen molar-refractivity contribution >= 4 is 21.9 Å². The second-order valence-corrected chi connectivity index (χ2v) is 10.5. The van der Waals surface area contributed by atoms with E-state index in [-0.39, 0.29) is 28.0 Å². The molecule has 2 fully saturated rings. The van der Waals surface area contributed by atoms with Crippen LogP contribution >= 0.6 is 0 Å². The van der Waals surface area contributed by atoms with Crippen LogP contribution in [-0.4, -0.2) is 129 Å². The van der Waals surface area contributed by atoms with Crippen LogP contribution in [0.15, 0.2) is 21.3 Å². The van der Waals surface area contributed by atoms with Crippen LogP contribution in [0.1, 0.15) is 23.3 Å². The Hall–Kier alpha value is -3.29. The molecule has 1 aromatic heterocycles. The number of ether oxygens (including phenoxy) is 5. The van der Waals surface area contributed by atoms with Gasteiger partial charge in [-0.15, -0.1) is 0 Å². The van der Waals surface area contributed by atoms with Crippen molar-refractivity contribution in [1.82, 2.24) is 0 Å². The Kier molecular flexibility index (Phi) is 8.94.